The molecule has 0 radical (unpaired) electrons. The summed E-state index contributed by atoms with van der Waals surface area (Å²) in [5, 5.41) is 9.69. The zero-order valence-corrected chi connectivity index (χ0v) is 12.4. The lowest BCUT2D eigenvalue weighted by Crippen LogP contribution is -2.09. The molecule has 1 aromatic rings. The fourth-order valence-electron chi connectivity index (χ4n) is 1.61. The van der Waals surface area contributed by atoms with Crippen molar-refractivity contribution in [2.45, 2.75) is 26.9 Å². The summed E-state index contributed by atoms with van der Waals surface area (Å²) in [6, 6.07) is 1.76. The maximum atomic E-state index is 11.1. The first-order valence-corrected chi connectivity index (χ1v) is 6.19. The van der Waals surface area contributed by atoms with Gasteiger partial charge in [0.15, 0.2) is 0 Å². The van der Waals surface area contributed by atoms with E-state index in [1.807, 2.05) is 0 Å². The van der Waals surface area contributed by atoms with Crippen molar-refractivity contribution >= 4 is 28.6 Å². The van der Waals surface area contributed by atoms with Crippen LogP contribution in [0.1, 0.15) is 31.1 Å². The number of rotatable bonds is 3. The minimum atomic E-state index is -0.706. The molecule has 1 N–H and O–H groups in total. The highest BCUT2D eigenvalue weighted by molar-refractivity contribution is 14.1. The zero-order valence-electron chi connectivity index (χ0n) is 10.2. The van der Waals surface area contributed by atoms with E-state index in [0.29, 0.717) is 22.6 Å². The van der Waals surface area contributed by atoms with Crippen LogP contribution in [-0.4, -0.2) is 18.2 Å². The Hall–Kier alpha value is -0.820. The van der Waals surface area contributed by atoms with Gasteiger partial charge < -0.3 is 14.6 Å². The van der Waals surface area contributed by atoms with Crippen LogP contribution < -0.4 is 9.47 Å². The summed E-state index contributed by atoms with van der Waals surface area (Å²) in [5.74, 6) is 0.620. The van der Waals surface area contributed by atoms with Gasteiger partial charge in [0.1, 0.15) is 11.5 Å². The smallest absolute Gasteiger partial charge is 0.308 e. The third-order valence-corrected chi connectivity index (χ3v) is 3.14. The van der Waals surface area contributed by atoms with Crippen LogP contribution in [0, 0.1) is 10.5 Å². The van der Waals surface area contributed by atoms with Gasteiger partial charge in [-0.05, 0) is 42.5 Å². The average molecular weight is 350 g/mol. The fourth-order valence-corrected chi connectivity index (χ4v) is 2.57. The first-order valence-electron chi connectivity index (χ1n) is 5.12. The van der Waals surface area contributed by atoms with Crippen molar-refractivity contribution < 1.29 is 19.4 Å². The van der Waals surface area contributed by atoms with E-state index in [9.17, 15) is 9.90 Å². The van der Waals surface area contributed by atoms with Gasteiger partial charge in [0.25, 0.3) is 0 Å². The van der Waals surface area contributed by atoms with E-state index in [-0.39, 0.29) is 0 Å². The van der Waals surface area contributed by atoms with Crippen molar-refractivity contribution in [3.8, 4) is 11.5 Å². The van der Waals surface area contributed by atoms with E-state index in [2.05, 4.69) is 22.6 Å². The van der Waals surface area contributed by atoms with Gasteiger partial charge in [0.2, 0.25) is 0 Å². The van der Waals surface area contributed by atoms with Crippen LogP contribution in [0.2, 0.25) is 0 Å². The van der Waals surface area contributed by atoms with Gasteiger partial charge >= 0.3 is 5.97 Å². The van der Waals surface area contributed by atoms with Gasteiger partial charge in [-0.25, -0.2) is 0 Å². The lowest BCUT2D eigenvalue weighted by molar-refractivity contribution is -0.132. The van der Waals surface area contributed by atoms with Crippen LogP contribution >= 0.6 is 22.6 Å². The van der Waals surface area contributed by atoms with Crippen molar-refractivity contribution in [1.82, 2.24) is 0 Å². The summed E-state index contributed by atoms with van der Waals surface area (Å²) in [4.78, 5) is 11.1. The quantitative estimate of drug-likeness (QED) is 0.517. The molecule has 0 heterocycles. The number of esters is 1. The number of ether oxygens (including phenoxy) is 2. The van der Waals surface area contributed by atoms with Crippen molar-refractivity contribution in [1.29, 1.82) is 0 Å². The molecule has 0 aliphatic carbocycles. The zero-order chi connectivity index (χ0) is 13.2. The lowest BCUT2D eigenvalue weighted by Gasteiger charge is -2.17. The van der Waals surface area contributed by atoms with Crippen molar-refractivity contribution in [3.63, 3.8) is 0 Å². The molecule has 0 saturated carbocycles. The number of carbonyl (C=O) groups is 1. The molecule has 0 aliphatic heterocycles. The molecule has 0 aliphatic rings. The Morgan fingerprint density at radius 3 is 2.47 bits per heavy atom. The van der Waals surface area contributed by atoms with Crippen molar-refractivity contribution in [2.75, 3.05) is 7.11 Å². The van der Waals surface area contributed by atoms with E-state index < -0.39 is 12.1 Å². The predicted molar refractivity (Wildman–Crippen MR) is 72.4 cm³/mol. The molecule has 17 heavy (non-hydrogen) atoms. The summed E-state index contributed by atoms with van der Waals surface area (Å²) in [6.45, 7) is 4.76. The molecular formula is C12H15IO4. The lowest BCUT2D eigenvalue weighted by atomic mass is 10.0. The molecule has 0 saturated heterocycles. The molecular weight excluding hydrogens is 335 g/mol. The second kappa shape index (κ2) is 5.68. The molecule has 1 aromatic carbocycles. The Bertz CT molecular complexity index is 441. The van der Waals surface area contributed by atoms with Gasteiger partial charge in [0.05, 0.1) is 16.8 Å². The molecule has 1 atom stereocenters. The highest BCUT2D eigenvalue weighted by atomic mass is 127. The topological polar surface area (TPSA) is 55.8 Å². The number of halogens is 1. The standard InChI is InChI=1S/C12H15IO4/c1-6-11(17-8(3)15)9(7(2)14)5-10(13)12(6)16-4/h5,7,14H,1-4H3. The minimum absolute atomic E-state index is 0.379. The third-order valence-electron chi connectivity index (χ3n) is 2.34. The van der Waals surface area contributed by atoms with E-state index in [1.165, 1.54) is 6.92 Å². The van der Waals surface area contributed by atoms with E-state index >= 15 is 0 Å². The normalized spacial score (nSPS) is 12.1. The second-order valence-corrected chi connectivity index (χ2v) is 4.87. The Morgan fingerprint density at radius 1 is 1.47 bits per heavy atom. The molecule has 0 spiro atoms. The van der Waals surface area contributed by atoms with Crippen LogP contribution in [0.4, 0.5) is 0 Å². The van der Waals surface area contributed by atoms with Crippen molar-refractivity contribution in [2.24, 2.45) is 0 Å². The number of aliphatic hydroxyl groups excluding tert-OH is 1. The SMILES string of the molecule is COc1c(I)cc(C(C)O)c(OC(C)=O)c1C. The number of benzene rings is 1. The molecule has 0 bridgehead atoms. The Labute approximate surface area is 114 Å². The van der Waals surface area contributed by atoms with Crippen LogP contribution in [0.15, 0.2) is 6.07 Å². The van der Waals surface area contributed by atoms with Crippen LogP contribution in [0.5, 0.6) is 11.5 Å². The first kappa shape index (κ1) is 14.2. The monoisotopic (exact) mass is 350 g/mol. The van der Waals surface area contributed by atoms with E-state index in [4.69, 9.17) is 9.47 Å². The number of methoxy groups -OCH3 is 1. The maximum Gasteiger partial charge on any atom is 0.308 e. The summed E-state index contributed by atoms with van der Waals surface area (Å²) in [5.41, 5.74) is 1.30. The minimum Gasteiger partial charge on any atom is -0.495 e. The predicted octanol–water partition coefficient (Wildman–Crippen LogP) is 2.59. The first-order chi connectivity index (χ1) is 7.88. The van der Waals surface area contributed by atoms with Crippen LogP contribution in [0.25, 0.3) is 0 Å². The second-order valence-electron chi connectivity index (χ2n) is 3.70. The number of hydrogen-bond donors (Lipinski definition) is 1. The van der Waals surface area contributed by atoms with Gasteiger partial charge in [-0.15, -0.1) is 0 Å². The molecule has 1 unspecified atom stereocenters. The highest BCUT2D eigenvalue weighted by Gasteiger charge is 2.19. The van der Waals surface area contributed by atoms with Gasteiger partial charge in [-0.1, -0.05) is 0 Å². The van der Waals surface area contributed by atoms with Crippen molar-refractivity contribution in [3.05, 3.63) is 20.8 Å². The van der Waals surface area contributed by atoms with Gasteiger partial charge in [0, 0.05) is 18.1 Å². The molecule has 0 amide bonds. The number of aliphatic hydroxyl groups is 1. The molecule has 94 valence electrons. The Kier molecular flexibility index (Phi) is 4.76. The largest absolute Gasteiger partial charge is 0.495 e. The van der Waals surface area contributed by atoms with Gasteiger partial charge in [-0.3, -0.25) is 4.79 Å². The molecule has 0 aromatic heterocycles. The van der Waals surface area contributed by atoms with Crippen LogP contribution in [0.3, 0.4) is 0 Å². The summed E-state index contributed by atoms with van der Waals surface area (Å²) in [7, 11) is 1.56. The third kappa shape index (κ3) is 3.10. The molecule has 0 fully saturated rings. The Morgan fingerprint density at radius 2 is 2.06 bits per heavy atom. The van der Waals surface area contributed by atoms with Gasteiger partial charge in [-0.2, -0.15) is 0 Å². The maximum absolute atomic E-state index is 11.1. The summed E-state index contributed by atoms with van der Waals surface area (Å²) >= 11 is 2.12. The summed E-state index contributed by atoms with van der Waals surface area (Å²) in [6.07, 6.45) is -0.706. The average Bonchev–Trinajstić information content (AvgIpc) is 2.21. The van der Waals surface area contributed by atoms with Crippen LogP contribution in [-0.2, 0) is 4.79 Å². The number of carbonyl (C=O) groups excluding carboxylic acids is 1. The summed E-state index contributed by atoms with van der Waals surface area (Å²) < 4.78 is 11.3. The molecule has 5 heteroatoms. The fraction of sp³-hybridized carbons (Fsp3) is 0.417. The Balaban J connectivity index is 3.45. The molecule has 1 rings (SSSR count). The molecule has 4 nitrogen and oxygen atoms in total. The highest BCUT2D eigenvalue weighted by Crippen LogP contribution is 2.38. The number of hydrogen-bond acceptors (Lipinski definition) is 4. The van der Waals surface area contributed by atoms with E-state index in [1.54, 1.807) is 27.0 Å². The van der Waals surface area contributed by atoms with E-state index in [0.717, 1.165) is 3.57 Å².